The zero-order chi connectivity index (χ0) is 24.1. The summed E-state index contributed by atoms with van der Waals surface area (Å²) in [6.45, 7) is 3.54. The van der Waals surface area contributed by atoms with Gasteiger partial charge in [-0.2, -0.15) is 0 Å². The number of nitrogens with zero attached hydrogens (tertiary/aromatic N) is 3. The van der Waals surface area contributed by atoms with Crippen LogP contribution in [0.1, 0.15) is 32.5 Å². The SMILES string of the molecule is CCOC(=O)c1c(NC(=O)CSc2nc(-c3ccccc3)cn2N)sc(C(=O)N(C)C)c1C. The van der Waals surface area contributed by atoms with Gasteiger partial charge in [0.2, 0.25) is 5.91 Å². The van der Waals surface area contributed by atoms with E-state index in [1.165, 1.54) is 9.58 Å². The average Bonchev–Trinajstić information content (AvgIpc) is 3.31. The first-order valence-electron chi connectivity index (χ1n) is 10.1. The smallest absolute Gasteiger partial charge is 0.341 e. The lowest BCUT2D eigenvalue weighted by Gasteiger charge is -2.09. The highest BCUT2D eigenvalue weighted by Gasteiger charge is 2.27. The standard InChI is InChI=1S/C22H25N5O4S2/c1-5-31-21(30)17-13(2)18(20(29)26(3)4)33-19(17)25-16(28)12-32-22-24-15(11-27(22)23)14-9-7-6-8-10-14/h6-11H,5,12,23H2,1-4H3,(H,25,28). The molecule has 9 nitrogen and oxygen atoms in total. The van der Waals surface area contributed by atoms with Crippen molar-refractivity contribution in [1.29, 1.82) is 0 Å². The first-order chi connectivity index (χ1) is 15.7. The van der Waals surface area contributed by atoms with Crippen molar-refractivity contribution in [2.45, 2.75) is 19.0 Å². The minimum absolute atomic E-state index is 0.0125. The molecule has 1 aromatic carbocycles. The van der Waals surface area contributed by atoms with Gasteiger partial charge in [0, 0.05) is 19.7 Å². The number of esters is 1. The number of anilines is 1. The fourth-order valence-corrected chi connectivity index (χ4v) is 4.91. The predicted octanol–water partition coefficient (Wildman–Crippen LogP) is 3.24. The molecule has 0 spiro atoms. The lowest BCUT2D eigenvalue weighted by Crippen LogP contribution is -2.21. The molecule has 2 amide bonds. The van der Waals surface area contributed by atoms with Crippen LogP contribution in [-0.2, 0) is 9.53 Å². The van der Waals surface area contributed by atoms with E-state index in [1.807, 2.05) is 30.3 Å². The molecule has 0 aliphatic rings. The fourth-order valence-electron chi connectivity index (χ4n) is 2.98. The zero-order valence-electron chi connectivity index (χ0n) is 18.7. The maximum Gasteiger partial charge on any atom is 0.341 e. The van der Waals surface area contributed by atoms with Crippen LogP contribution < -0.4 is 11.2 Å². The Labute approximate surface area is 199 Å². The van der Waals surface area contributed by atoms with Crippen LogP contribution in [0.4, 0.5) is 5.00 Å². The number of nitrogens with two attached hydrogens (primary N) is 1. The summed E-state index contributed by atoms with van der Waals surface area (Å²) in [6, 6.07) is 9.57. The van der Waals surface area contributed by atoms with E-state index in [0.717, 1.165) is 28.7 Å². The number of ether oxygens (including phenoxy) is 1. The van der Waals surface area contributed by atoms with Crippen molar-refractivity contribution in [3.05, 3.63) is 52.5 Å². The van der Waals surface area contributed by atoms with Crippen LogP contribution in [0, 0.1) is 6.92 Å². The third kappa shape index (κ3) is 5.55. The van der Waals surface area contributed by atoms with Crippen LogP contribution in [0.3, 0.4) is 0 Å². The van der Waals surface area contributed by atoms with E-state index in [-0.39, 0.29) is 34.7 Å². The van der Waals surface area contributed by atoms with Gasteiger partial charge in [-0.25, -0.2) is 14.5 Å². The molecule has 11 heteroatoms. The monoisotopic (exact) mass is 487 g/mol. The van der Waals surface area contributed by atoms with Gasteiger partial charge in [-0.1, -0.05) is 42.1 Å². The Morgan fingerprint density at radius 1 is 1.24 bits per heavy atom. The molecule has 0 fully saturated rings. The normalized spacial score (nSPS) is 10.7. The summed E-state index contributed by atoms with van der Waals surface area (Å²) in [5.74, 6) is 4.81. The largest absolute Gasteiger partial charge is 0.462 e. The van der Waals surface area contributed by atoms with Gasteiger partial charge in [0.05, 0.1) is 34.7 Å². The molecule has 3 rings (SSSR count). The summed E-state index contributed by atoms with van der Waals surface area (Å²) in [6.07, 6.45) is 1.69. The van der Waals surface area contributed by atoms with Crippen LogP contribution in [0.2, 0.25) is 0 Å². The molecule has 0 aliphatic carbocycles. The van der Waals surface area contributed by atoms with Crippen LogP contribution in [-0.4, -0.2) is 58.8 Å². The van der Waals surface area contributed by atoms with Crippen molar-refractivity contribution in [1.82, 2.24) is 14.6 Å². The Hall–Kier alpha value is -3.31. The number of thiophene rings is 1. The van der Waals surface area contributed by atoms with Gasteiger partial charge in [0.25, 0.3) is 5.91 Å². The van der Waals surface area contributed by atoms with Gasteiger partial charge < -0.3 is 20.8 Å². The van der Waals surface area contributed by atoms with E-state index in [2.05, 4.69) is 10.3 Å². The molecule has 0 unspecified atom stereocenters. The Morgan fingerprint density at radius 3 is 2.58 bits per heavy atom. The summed E-state index contributed by atoms with van der Waals surface area (Å²) < 4.78 is 6.50. The van der Waals surface area contributed by atoms with Gasteiger partial charge in [-0.15, -0.1) is 11.3 Å². The van der Waals surface area contributed by atoms with Crippen molar-refractivity contribution in [3.8, 4) is 11.3 Å². The lowest BCUT2D eigenvalue weighted by molar-refractivity contribution is -0.113. The van der Waals surface area contributed by atoms with E-state index in [0.29, 0.717) is 21.3 Å². The summed E-state index contributed by atoms with van der Waals surface area (Å²) >= 11 is 2.22. The Balaban J connectivity index is 1.76. The van der Waals surface area contributed by atoms with E-state index >= 15 is 0 Å². The number of rotatable bonds is 8. The average molecular weight is 488 g/mol. The third-order valence-corrected chi connectivity index (χ3v) is 6.74. The highest BCUT2D eigenvalue weighted by atomic mass is 32.2. The fraction of sp³-hybridized carbons (Fsp3) is 0.273. The Kier molecular flexibility index (Phi) is 7.77. The van der Waals surface area contributed by atoms with E-state index in [4.69, 9.17) is 10.6 Å². The number of aromatic nitrogens is 2. The topological polar surface area (TPSA) is 120 Å². The first kappa shape index (κ1) is 24.3. The predicted molar refractivity (Wildman–Crippen MR) is 130 cm³/mol. The van der Waals surface area contributed by atoms with Crippen molar-refractivity contribution in [2.24, 2.45) is 0 Å². The van der Waals surface area contributed by atoms with E-state index < -0.39 is 5.97 Å². The second-order valence-corrected chi connectivity index (χ2v) is 9.16. The molecular weight excluding hydrogens is 462 g/mol. The number of benzene rings is 1. The molecule has 0 atom stereocenters. The minimum Gasteiger partial charge on any atom is -0.462 e. The first-order valence-corrected chi connectivity index (χ1v) is 11.9. The quantitative estimate of drug-likeness (QED) is 0.284. The van der Waals surface area contributed by atoms with Gasteiger partial charge in [0.1, 0.15) is 5.00 Å². The summed E-state index contributed by atoms with van der Waals surface area (Å²) in [7, 11) is 3.25. The minimum atomic E-state index is -0.586. The number of hydrogen-bond acceptors (Lipinski definition) is 8. The number of amides is 2. The van der Waals surface area contributed by atoms with Crippen LogP contribution >= 0.6 is 23.1 Å². The van der Waals surface area contributed by atoms with Crippen molar-refractivity contribution in [2.75, 3.05) is 37.6 Å². The number of thioether (sulfide) groups is 1. The molecule has 0 bridgehead atoms. The van der Waals surface area contributed by atoms with Gasteiger partial charge in [0.15, 0.2) is 5.16 Å². The highest BCUT2D eigenvalue weighted by molar-refractivity contribution is 7.99. The molecule has 3 aromatic rings. The highest BCUT2D eigenvalue weighted by Crippen LogP contribution is 2.34. The maximum atomic E-state index is 12.7. The third-order valence-electron chi connectivity index (χ3n) is 4.58. The molecule has 174 valence electrons. The molecular formula is C22H25N5O4S2. The Morgan fingerprint density at radius 2 is 1.94 bits per heavy atom. The van der Waals surface area contributed by atoms with E-state index in [1.54, 1.807) is 34.1 Å². The second-order valence-electron chi connectivity index (χ2n) is 7.20. The van der Waals surface area contributed by atoms with Gasteiger partial charge in [-0.05, 0) is 19.4 Å². The number of nitrogens with one attached hydrogen (secondary N) is 1. The van der Waals surface area contributed by atoms with Crippen LogP contribution in [0.15, 0.2) is 41.7 Å². The second kappa shape index (κ2) is 10.5. The zero-order valence-corrected chi connectivity index (χ0v) is 20.4. The molecule has 0 aliphatic heterocycles. The molecule has 0 saturated heterocycles. The number of carbonyl (C=O) groups is 3. The summed E-state index contributed by atoms with van der Waals surface area (Å²) in [4.78, 5) is 44.0. The molecule has 0 saturated carbocycles. The Bertz CT molecular complexity index is 1170. The van der Waals surface area contributed by atoms with Gasteiger partial charge in [-0.3, -0.25) is 9.59 Å². The number of imidazole rings is 1. The summed E-state index contributed by atoms with van der Waals surface area (Å²) in [5.41, 5.74) is 2.28. The van der Waals surface area contributed by atoms with Crippen molar-refractivity contribution in [3.63, 3.8) is 0 Å². The van der Waals surface area contributed by atoms with Gasteiger partial charge >= 0.3 is 5.97 Å². The molecule has 33 heavy (non-hydrogen) atoms. The molecule has 2 aromatic heterocycles. The molecule has 3 N–H and O–H groups in total. The van der Waals surface area contributed by atoms with Crippen molar-refractivity contribution >= 4 is 45.9 Å². The van der Waals surface area contributed by atoms with Crippen molar-refractivity contribution < 1.29 is 19.1 Å². The van der Waals surface area contributed by atoms with Crippen LogP contribution in [0.5, 0.6) is 0 Å². The number of nitrogen functional groups attached to an aromatic ring is 1. The molecule has 2 heterocycles. The van der Waals surface area contributed by atoms with E-state index in [9.17, 15) is 14.4 Å². The molecule has 0 radical (unpaired) electrons. The lowest BCUT2D eigenvalue weighted by atomic mass is 10.1. The number of carbonyl (C=O) groups excluding carboxylic acids is 3. The maximum absolute atomic E-state index is 12.7. The summed E-state index contributed by atoms with van der Waals surface area (Å²) in [5, 5.41) is 3.50. The van der Waals surface area contributed by atoms with Crippen LogP contribution in [0.25, 0.3) is 11.3 Å². The number of hydrogen-bond donors (Lipinski definition) is 2.